The summed E-state index contributed by atoms with van der Waals surface area (Å²) in [6, 6.07) is 1.27. The van der Waals surface area contributed by atoms with E-state index in [1.165, 1.54) is 12.5 Å². The highest BCUT2D eigenvalue weighted by atomic mass is 28.3. The van der Waals surface area contributed by atoms with Crippen LogP contribution in [0.4, 0.5) is 0 Å². The fourth-order valence-corrected chi connectivity index (χ4v) is 3.78. The first-order valence-electron chi connectivity index (χ1n) is 4.96. The van der Waals surface area contributed by atoms with Crippen molar-refractivity contribution in [1.82, 2.24) is 0 Å². The summed E-state index contributed by atoms with van der Waals surface area (Å²) in [5.74, 6) is 1.27. The monoisotopic (exact) mass is 188 g/mol. The van der Waals surface area contributed by atoms with E-state index in [0.29, 0.717) is 12.5 Å². The Morgan fingerprint density at radius 1 is 1.17 bits per heavy atom. The molecule has 0 aliphatic rings. The molecule has 0 radical (unpaired) electrons. The lowest BCUT2D eigenvalue weighted by molar-refractivity contribution is 0.217. The number of hydrogen-bond donors (Lipinski definition) is 1. The van der Waals surface area contributed by atoms with Crippen LogP contribution < -0.4 is 0 Å². The molecule has 0 aromatic heterocycles. The molecule has 0 bridgehead atoms. The van der Waals surface area contributed by atoms with Gasteiger partial charge in [0.15, 0.2) is 0 Å². The molecular weight excluding hydrogens is 164 g/mol. The van der Waals surface area contributed by atoms with E-state index >= 15 is 0 Å². The highest BCUT2D eigenvalue weighted by Gasteiger charge is 2.20. The van der Waals surface area contributed by atoms with Gasteiger partial charge in [0.25, 0.3) is 0 Å². The number of aliphatic hydroxyl groups is 1. The number of aliphatic hydroxyl groups excluding tert-OH is 1. The topological polar surface area (TPSA) is 20.2 Å². The SMILES string of the molecule is CC(C)CC(CO)C[Si](C)(C)C. The third kappa shape index (κ3) is 6.86. The highest BCUT2D eigenvalue weighted by molar-refractivity contribution is 6.76. The van der Waals surface area contributed by atoms with E-state index in [1.807, 2.05) is 0 Å². The number of hydrogen-bond acceptors (Lipinski definition) is 1. The fourth-order valence-electron chi connectivity index (χ4n) is 1.76. The van der Waals surface area contributed by atoms with Crippen LogP contribution in [-0.2, 0) is 0 Å². The average Bonchev–Trinajstić information content (AvgIpc) is 1.82. The van der Waals surface area contributed by atoms with Crippen LogP contribution in [0.15, 0.2) is 0 Å². The summed E-state index contributed by atoms with van der Waals surface area (Å²) in [5, 5.41) is 9.16. The van der Waals surface area contributed by atoms with E-state index in [0.717, 1.165) is 5.92 Å². The van der Waals surface area contributed by atoms with Gasteiger partial charge in [-0.2, -0.15) is 0 Å². The van der Waals surface area contributed by atoms with Crippen molar-refractivity contribution < 1.29 is 5.11 Å². The molecule has 0 aliphatic heterocycles. The third-order valence-corrected chi connectivity index (χ3v) is 3.77. The minimum atomic E-state index is -0.968. The molecule has 1 atom stereocenters. The van der Waals surface area contributed by atoms with Crippen LogP contribution in [0.5, 0.6) is 0 Å². The summed E-state index contributed by atoms with van der Waals surface area (Å²) < 4.78 is 0. The van der Waals surface area contributed by atoms with Crippen LogP contribution in [0.1, 0.15) is 20.3 Å². The zero-order valence-corrected chi connectivity index (χ0v) is 10.2. The van der Waals surface area contributed by atoms with Gasteiger partial charge >= 0.3 is 0 Å². The van der Waals surface area contributed by atoms with Gasteiger partial charge in [0.2, 0.25) is 0 Å². The Labute approximate surface area is 78.2 Å². The summed E-state index contributed by atoms with van der Waals surface area (Å²) >= 11 is 0. The van der Waals surface area contributed by atoms with Gasteiger partial charge in [-0.25, -0.2) is 0 Å². The summed E-state index contributed by atoms with van der Waals surface area (Å²) in [5.41, 5.74) is 0. The first kappa shape index (κ1) is 12.2. The maximum atomic E-state index is 9.16. The van der Waals surface area contributed by atoms with Crippen LogP contribution in [0, 0.1) is 11.8 Å². The van der Waals surface area contributed by atoms with Crippen LogP contribution in [0.2, 0.25) is 25.7 Å². The van der Waals surface area contributed by atoms with E-state index in [1.54, 1.807) is 0 Å². The van der Waals surface area contributed by atoms with Gasteiger partial charge in [-0.1, -0.05) is 39.5 Å². The maximum absolute atomic E-state index is 9.16. The molecule has 0 saturated heterocycles. The second kappa shape index (κ2) is 5.03. The molecule has 1 unspecified atom stereocenters. The maximum Gasteiger partial charge on any atom is 0.0456 e. The van der Waals surface area contributed by atoms with Crippen LogP contribution in [-0.4, -0.2) is 19.8 Å². The molecule has 0 aromatic carbocycles. The van der Waals surface area contributed by atoms with E-state index in [2.05, 4.69) is 33.5 Å². The molecule has 74 valence electrons. The predicted octanol–water partition coefficient (Wildman–Crippen LogP) is 2.98. The molecule has 0 fully saturated rings. The Morgan fingerprint density at radius 3 is 1.92 bits per heavy atom. The van der Waals surface area contributed by atoms with Gasteiger partial charge < -0.3 is 5.11 Å². The van der Waals surface area contributed by atoms with E-state index < -0.39 is 8.07 Å². The Morgan fingerprint density at radius 2 is 1.67 bits per heavy atom. The Hall–Kier alpha value is 0.177. The summed E-state index contributed by atoms with van der Waals surface area (Å²) in [6.07, 6.45) is 1.18. The standard InChI is InChI=1S/C10H24OSi/c1-9(2)6-10(7-11)8-12(3,4)5/h9-11H,6-8H2,1-5H3. The lowest BCUT2D eigenvalue weighted by Gasteiger charge is -2.24. The second-order valence-electron chi connectivity index (χ2n) is 5.44. The van der Waals surface area contributed by atoms with Crippen molar-refractivity contribution in [3.8, 4) is 0 Å². The van der Waals surface area contributed by atoms with Gasteiger partial charge in [-0.15, -0.1) is 0 Å². The largest absolute Gasteiger partial charge is 0.396 e. The molecule has 0 aliphatic carbocycles. The molecule has 12 heavy (non-hydrogen) atoms. The molecule has 0 saturated carbocycles. The van der Waals surface area contributed by atoms with Crippen LogP contribution in [0.3, 0.4) is 0 Å². The van der Waals surface area contributed by atoms with Crippen LogP contribution >= 0.6 is 0 Å². The molecule has 2 heteroatoms. The molecule has 0 heterocycles. The third-order valence-electron chi connectivity index (χ3n) is 1.96. The average molecular weight is 188 g/mol. The summed E-state index contributed by atoms with van der Waals surface area (Å²) in [7, 11) is -0.968. The van der Waals surface area contributed by atoms with Gasteiger partial charge in [-0.3, -0.25) is 0 Å². The van der Waals surface area contributed by atoms with E-state index in [9.17, 15) is 0 Å². The van der Waals surface area contributed by atoms with Crippen molar-refractivity contribution in [2.75, 3.05) is 6.61 Å². The zero-order valence-electron chi connectivity index (χ0n) is 9.22. The molecule has 0 spiro atoms. The van der Waals surface area contributed by atoms with Crippen LogP contribution in [0.25, 0.3) is 0 Å². The molecule has 1 N–H and O–H groups in total. The summed E-state index contributed by atoms with van der Waals surface area (Å²) in [6.45, 7) is 11.9. The van der Waals surface area contributed by atoms with Gasteiger partial charge in [0.05, 0.1) is 0 Å². The van der Waals surface area contributed by atoms with Crippen molar-refractivity contribution in [1.29, 1.82) is 0 Å². The predicted molar refractivity (Wildman–Crippen MR) is 58.2 cm³/mol. The lowest BCUT2D eigenvalue weighted by atomic mass is 10.00. The molecule has 0 aromatic rings. The van der Waals surface area contributed by atoms with E-state index in [-0.39, 0.29) is 0 Å². The fraction of sp³-hybridized carbons (Fsp3) is 1.00. The van der Waals surface area contributed by atoms with E-state index in [4.69, 9.17) is 5.11 Å². The first-order valence-corrected chi connectivity index (χ1v) is 8.66. The van der Waals surface area contributed by atoms with Gasteiger partial charge in [-0.05, 0) is 18.3 Å². The quantitative estimate of drug-likeness (QED) is 0.658. The molecule has 0 amide bonds. The molecule has 1 nitrogen and oxygen atoms in total. The minimum absolute atomic E-state index is 0.377. The smallest absolute Gasteiger partial charge is 0.0456 e. The van der Waals surface area contributed by atoms with Gasteiger partial charge in [0, 0.05) is 14.7 Å². The Balaban J connectivity index is 3.83. The minimum Gasteiger partial charge on any atom is -0.396 e. The lowest BCUT2D eigenvalue weighted by Crippen LogP contribution is -2.26. The second-order valence-corrected chi connectivity index (χ2v) is 11.0. The van der Waals surface area contributed by atoms with Crippen molar-refractivity contribution >= 4 is 8.07 Å². The normalized spacial score (nSPS) is 15.2. The van der Waals surface area contributed by atoms with Crippen molar-refractivity contribution in [3.63, 3.8) is 0 Å². The summed E-state index contributed by atoms with van der Waals surface area (Å²) in [4.78, 5) is 0. The van der Waals surface area contributed by atoms with Crippen molar-refractivity contribution in [3.05, 3.63) is 0 Å². The number of rotatable bonds is 5. The van der Waals surface area contributed by atoms with Crippen molar-refractivity contribution in [2.45, 2.75) is 46.0 Å². The Bertz CT molecular complexity index is 115. The zero-order chi connectivity index (χ0) is 9.78. The van der Waals surface area contributed by atoms with Crippen molar-refractivity contribution in [2.24, 2.45) is 11.8 Å². The highest BCUT2D eigenvalue weighted by Crippen LogP contribution is 2.22. The molecular formula is C10H24OSi. The van der Waals surface area contributed by atoms with Gasteiger partial charge in [0.1, 0.15) is 0 Å². The first-order chi connectivity index (χ1) is 5.35. The Kier molecular flexibility index (Phi) is 5.10. The molecule has 0 rings (SSSR count).